The Balaban J connectivity index is 2.80. The number of hydrogen-bond acceptors (Lipinski definition) is 3. The first-order valence-electron chi connectivity index (χ1n) is 5.32. The minimum absolute atomic E-state index is 0.213. The third kappa shape index (κ3) is 4.22. The number of ether oxygens (including phenoxy) is 2. The number of benzene rings is 1. The summed E-state index contributed by atoms with van der Waals surface area (Å²) in [6.45, 7) is 0.213. The van der Waals surface area contributed by atoms with E-state index in [2.05, 4.69) is 11.2 Å². The standard InChI is InChI=1S/C14H15NO3/c1-4-7-15-14(16)6-5-11-8-12(17-2)10-13(9-11)18-3/h1,5-6,8-10H,7H2,2-3H3,(H,15,16)/b6-5+. The van der Waals surface area contributed by atoms with Gasteiger partial charge in [0.1, 0.15) is 11.5 Å². The second-order valence-electron chi connectivity index (χ2n) is 3.40. The molecular formula is C14H15NO3. The third-order valence-corrected chi connectivity index (χ3v) is 2.17. The van der Waals surface area contributed by atoms with Crippen LogP contribution in [0.5, 0.6) is 11.5 Å². The van der Waals surface area contributed by atoms with E-state index in [0.717, 1.165) is 5.56 Å². The van der Waals surface area contributed by atoms with Crippen molar-refractivity contribution >= 4 is 12.0 Å². The molecule has 0 aromatic heterocycles. The van der Waals surface area contributed by atoms with Crippen LogP contribution in [0.2, 0.25) is 0 Å². The van der Waals surface area contributed by atoms with E-state index in [1.807, 2.05) is 0 Å². The van der Waals surface area contributed by atoms with Gasteiger partial charge < -0.3 is 14.8 Å². The lowest BCUT2D eigenvalue weighted by Crippen LogP contribution is -2.20. The minimum atomic E-state index is -0.241. The zero-order valence-corrected chi connectivity index (χ0v) is 10.4. The van der Waals surface area contributed by atoms with Crippen LogP contribution in [0.1, 0.15) is 5.56 Å². The van der Waals surface area contributed by atoms with Crippen LogP contribution in [0.4, 0.5) is 0 Å². The molecule has 1 aromatic carbocycles. The van der Waals surface area contributed by atoms with Gasteiger partial charge >= 0.3 is 0 Å². The molecule has 1 amide bonds. The second kappa shape index (κ2) is 7.02. The maximum absolute atomic E-state index is 11.3. The Morgan fingerprint density at radius 3 is 2.44 bits per heavy atom. The molecule has 0 unspecified atom stereocenters. The molecule has 4 nitrogen and oxygen atoms in total. The van der Waals surface area contributed by atoms with Gasteiger partial charge in [0.2, 0.25) is 5.91 Å². The maximum Gasteiger partial charge on any atom is 0.244 e. The van der Waals surface area contributed by atoms with Crippen LogP contribution in [-0.2, 0) is 4.79 Å². The van der Waals surface area contributed by atoms with E-state index in [4.69, 9.17) is 15.9 Å². The molecule has 0 aliphatic rings. The second-order valence-corrected chi connectivity index (χ2v) is 3.40. The molecule has 0 bridgehead atoms. The largest absolute Gasteiger partial charge is 0.497 e. The molecule has 0 radical (unpaired) electrons. The Morgan fingerprint density at radius 2 is 1.94 bits per heavy atom. The number of terminal acetylenes is 1. The first-order chi connectivity index (χ1) is 8.69. The van der Waals surface area contributed by atoms with Crippen molar-refractivity contribution in [2.75, 3.05) is 20.8 Å². The monoisotopic (exact) mass is 245 g/mol. The number of hydrogen-bond donors (Lipinski definition) is 1. The van der Waals surface area contributed by atoms with Crippen LogP contribution >= 0.6 is 0 Å². The summed E-state index contributed by atoms with van der Waals surface area (Å²) in [6, 6.07) is 5.36. The number of rotatable bonds is 5. The lowest BCUT2D eigenvalue weighted by molar-refractivity contribution is -0.116. The highest BCUT2D eigenvalue weighted by atomic mass is 16.5. The van der Waals surface area contributed by atoms with Crippen molar-refractivity contribution in [3.63, 3.8) is 0 Å². The van der Waals surface area contributed by atoms with Crippen molar-refractivity contribution in [2.24, 2.45) is 0 Å². The van der Waals surface area contributed by atoms with E-state index in [-0.39, 0.29) is 12.5 Å². The maximum atomic E-state index is 11.3. The van der Waals surface area contributed by atoms with Crippen LogP contribution in [0.3, 0.4) is 0 Å². The molecule has 18 heavy (non-hydrogen) atoms. The van der Waals surface area contributed by atoms with Gasteiger partial charge in [0.05, 0.1) is 20.8 Å². The Kier molecular flexibility index (Phi) is 5.33. The smallest absolute Gasteiger partial charge is 0.244 e. The molecule has 0 spiro atoms. The molecule has 0 saturated carbocycles. The Bertz CT molecular complexity index is 464. The Hall–Kier alpha value is -2.41. The van der Waals surface area contributed by atoms with Gasteiger partial charge in [-0.1, -0.05) is 5.92 Å². The highest BCUT2D eigenvalue weighted by molar-refractivity contribution is 5.91. The van der Waals surface area contributed by atoms with E-state index >= 15 is 0 Å². The fraction of sp³-hybridized carbons (Fsp3) is 0.214. The quantitative estimate of drug-likeness (QED) is 0.631. The molecule has 0 atom stereocenters. The van der Waals surface area contributed by atoms with Crippen molar-refractivity contribution in [3.05, 3.63) is 29.8 Å². The van der Waals surface area contributed by atoms with Crippen molar-refractivity contribution in [1.82, 2.24) is 5.32 Å². The van der Waals surface area contributed by atoms with Crippen molar-refractivity contribution in [1.29, 1.82) is 0 Å². The summed E-state index contributed by atoms with van der Waals surface area (Å²) in [7, 11) is 3.14. The molecule has 4 heteroatoms. The summed E-state index contributed by atoms with van der Waals surface area (Å²) in [5.41, 5.74) is 0.807. The number of amides is 1. The average molecular weight is 245 g/mol. The van der Waals surface area contributed by atoms with Crippen LogP contribution in [0.25, 0.3) is 6.08 Å². The van der Waals surface area contributed by atoms with Crippen LogP contribution < -0.4 is 14.8 Å². The lowest BCUT2D eigenvalue weighted by Gasteiger charge is -2.05. The zero-order chi connectivity index (χ0) is 13.4. The first kappa shape index (κ1) is 13.7. The molecule has 0 aliphatic carbocycles. The molecule has 94 valence electrons. The third-order valence-electron chi connectivity index (χ3n) is 2.17. The summed E-state index contributed by atoms with van der Waals surface area (Å²) in [5, 5.41) is 2.54. The highest BCUT2D eigenvalue weighted by Gasteiger charge is 2.00. The normalized spacial score (nSPS) is 9.83. The topological polar surface area (TPSA) is 47.6 Å². The molecular weight excluding hydrogens is 230 g/mol. The van der Waals surface area contributed by atoms with E-state index in [0.29, 0.717) is 11.5 Å². The van der Waals surface area contributed by atoms with Gasteiger partial charge in [-0.2, -0.15) is 0 Å². The summed E-state index contributed by atoms with van der Waals surface area (Å²) >= 11 is 0. The summed E-state index contributed by atoms with van der Waals surface area (Å²) in [6.07, 6.45) is 8.11. The van der Waals surface area contributed by atoms with Gasteiger partial charge in [0.15, 0.2) is 0 Å². The van der Waals surface area contributed by atoms with Gasteiger partial charge in [-0.25, -0.2) is 0 Å². The van der Waals surface area contributed by atoms with Gasteiger partial charge in [-0.3, -0.25) is 4.79 Å². The molecule has 0 saturated heterocycles. The predicted molar refractivity (Wildman–Crippen MR) is 70.4 cm³/mol. The molecule has 1 aromatic rings. The van der Waals surface area contributed by atoms with Crippen molar-refractivity contribution in [3.8, 4) is 23.8 Å². The fourth-order valence-corrected chi connectivity index (χ4v) is 1.29. The average Bonchev–Trinajstić information content (AvgIpc) is 2.42. The lowest BCUT2D eigenvalue weighted by atomic mass is 10.2. The fourth-order valence-electron chi connectivity index (χ4n) is 1.29. The summed E-state index contributed by atoms with van der Waals surface area (Å²) in [5.74, 6) is 3.42. The van der Waals surface area contributed by atoms with E-state index in [1.165, 1.54) is 6.08 Å². The van der Waals surface area contributed by atoms with Gasteiger partial charge in [-0.05, 0) is 23.8 Å². The SMILES string of the molecule is C#CCNC(=O)/C=C/c1cc(OC)cc(OC)c1. The first-order valence-corrected chi connectivity index (χ1v) is 5.32. The number of methoxy groups -OCH3 is 2. The summed E-state index contributed by atoms with van der Waals surface area (Å²) < 4.78 is 10.3. The van der Waals surface area contributed by atoms with Crippen LogP contribution in [0, 0.1) is 12.3 Å². The van der Waals surface area contributed by atoms with Gasteiger partial charge in [-0.15, -0.1) is 6.42 Å². The summed E-state index contributed by atoms with van der Waals surface area (Å²) in [4.78, 5) is 11.3. The predicted octanol–water partition coefficient (Wildman–Crippen LogP) is 1.47. The van der Waals surface area contributed by atoms with Gasteiger partial charge in [0, 0.05) is 12.1 Å². The zero-order valence-electron chi connectivity index (χ0n) is 10.4. The highest BCUT2D eigenvalue weighted by Crippen LogP contribution is 2.23. The van der Waals surface area contributed by atoms with E-state index in [9.17, 15) is 4.79 Å². The van der Waals surface area contributed by atoms with E-state index < -0.39 is 0 Å². The van der Waals surface area contributed by atoms with E-state index in [1.54, 1.807) is 38.5 Å². The number of nitrogens with one attached hydrogen (secondary N) is 1. The Labute approximate surface area is 107 Å². The van der Waals surface area contributed by atoms with Crippen LogP contribution in [0.15, 0.2) is 24.3 Å². The minimum Gasteiger partial charge on any atom is -0.497 e. The molecule has 0 fully saturated rings. The van der Waals surface area contributed by atoms with Gasteiger partial charge in [0.25, 0.3) is 0 Å². The molecule has 1 rings (SSSR count). The van der Waals surface area contributed by atoms with Crippen molar-refractivity contribution in [2.45, 2.75) is 0 Å². The molecule has 0 aliphatic heterocycles. The molecule has 1 N–H and O–H groups in total. The molecule has 0 heterocycles. The van der Waals surface area contributed by atoms with Crippen molar-refractivity contribution < 1.29 is 14.3 Å². The Morgan fingerprint density at radius 1 is 1.33 bits per heavy atom. The number of carbonyl (C=O) groups is 1. The van der Waals surface area contributed by atoms with Crippen LogP contribution in [-0.4, -0.2) is 26.7 Å². The number of carbonyl (C=O) groups excluding carboxylic acids is 1.